The molecule has 0 aliphatic carbocycles. The van der Waals surface area contributed by atoms with Gasteiger partial charge in [-0.2, -0.15) is 0 Å². The Labute approximate surface area is 211 Å². The second-order valence-electron chi connectivity index (χ2n) is 8.53. The van der Waals surface area contributed by atoms with Crippen LogP contribution in [0.3, 0.4) is 0 Å². The molecule has 10 nitrogen and oxygen atoms in total. The van der Waals surface area contributed by atoms with Crippen LogP contribution in [0.2, 0.25) is 0 Å². The van der Waals surface area contributed by atoms with Crippen molar-refractivity contribution in [3.05, 3.63) is 75.5 Å². The minimum atomic E-state index is -0.577. The number of aromatic nitrogens is 4. The number of nitrogens with zero attached hydrogens (tertiary/aromatic N) is 2. The van der Waals surface area contributed by atoms with Gasteiger partial charge in [0.05, 0.1) is 16.6 Å². The lowest BCUT2D eigenvalue weighted by Crippen LogP contribution is -2.32. The Bertz CT molecular complexity index is 1430. The molecule has 0 aliphatic rings. The largest absolute Gasteiger partial charge is 0.342 e. The van der Waals surface area contributed by atoms with Crippen molar-refractivity contribution in [3.63, 3.8) is 0 Å². The number of halogens is 2. The van der Waals surface area contributed by atoms with Crippen molar-refractivity contribution in [1.82, 2.24) is 30.6 Å². The van der Waals surface area contributed by atoms with Gasteiger partial charge in [-0.15, -0.1) is 0 Å². The van der Waals surface area contributed by atoms with Gasteiger partial charge in [0.25, 0.3) is 5.56 Å². The standard InChI is InChI=1S/C25H28F2N8O2/c1-14-9-20-21(11-18(14)26)33-22(32-20)5-8-30-25(37)35-24-31-13-17(23(36)34-24)15-3-4-16(19(27)10-15)12-29-7-2-6-28/h3-4,9-11,13,29H,2,5-8,12,28H2,1H3,(H,32,33)(H3,30,31,34,35,36,37). The summed E-state index contributed by atoms with van der Waals surface area (Å²) < 4.78 is 28.2. The van der Waals surface area contributed by atoms with E-state index in [9.17, 15) is 18.4 Å². The minimum absolute atomic E-state index is 0.0536. The summed E-state index contributed by atoms with van der Waals surface area (Å²) in [5.41, 5.74) is 7.68. The minimum Gasteiger partial charge on any atom is -0.342 e. The number of rotatable bonds is 10. The van der Waals surface area contributed by atoms with Gasteiger partial charge in [0.1, 0.15) is 17.5 Å². The Hall–Kier alpha value is -4.16. The summed E-state index contributed by atoms with van der Waals surface area (Å²) in [7, 11) is 0. The van der Waals surface area contributed by atoms with Crippen LogP contribution in [-0.4, -0.2) is 45.6 Å². The molecule has 0 bridgehead atoms. The number of nitrogens with one attached hydrogen (secondary N) is 5. The highest BCUT2D eigenvalue weighted by atomic mass is 19.1. The van der Waals surface area contributed by atoms with E-state index in [0.29, 0.717) is 59.6 Å². The van der Waals surface area contributed by atoms with Crippen molar-refractivity contribution < 1.29 is 13.6 Å². The van der Waals surface area contributed by atoms with E-state index in [2.05, 4.69) is 35.9 Å². The van der Waals surface area contributed by atoms with Crippen LogP contribution in [0.5, 0.6) is 0 Å². The van der Waals surface area contributed by atoms with Gasteiger partial charge in [0, 0.05) is 37.3 Å². The summed E-state index contributed by atoms with van der Waals surface area (Å²) in [6.07, 6.45) is 2.45. The van der Waals surface area contributed by atoms with Crippen LogP contribution < -0.4 is 27.2 Å². The zero-order valence-corrected chi connectivity index (χ0v) is 20.3. The number of carbonyl (C=O) groups is 1. The molecule has 2 aromatic carbocycles. The summed E-state index contributed by atoms with van der Waals surface area (Å²) in [5.74, 6) is -0.226. The number of H-pyrrole nitrogens is 2. The average molecular weight is 511 g/mol. The van der Waals surface area contributed by atoms with Gasteiger partial charge in [-0.05, 0) is 49.7 Å². The summed E-state index contributed by atoms with van der Waals surface area (Å²) in [6, 6.07) is 6.99. The van der Waals surface area contributed by atoms with Crippen LogP contribution in [0, 0.1) is 18.6 Å². The first-order valence-corrected chi connectivity index (χ1v) is 11.8. The third kappa shape index (κ3) is 6.54. The topological polar surface area (TPSA) is 154 Å². The number of hydrogen-bond acceptors (Lipinski definition) is 6. The average Bonchev–Trinajstić information content (AvgIpc) is 3.24. The zero-order chi connectivity index (χ0) is 26.4. The van der Waals surface area contributed by atoms with Gasteiger partial charge in [0.2, 0.25) is 5.95 Å². The molecule has 0 unspecified atom stereocenters. The second kappa shape index (κ2) is 11.7. The molecule has 0 saturated carbocycles. The predicted molar refractivity (Wildman–Crippen MR) is 137 cm³/mol. The van der Waals surface area contributed by atoms with Crippen LogP contribution in [0.15, 0.2) is 41.3 Å². The molecule has 12 heteroatoms. The Morgan fingerprint density at radius 3 is 2.70 bits per heavy atom. The number of carbonyl (C=O) groups excluding carboxylic acids is 1. The molecule has 0 radical (unpaired) electrons. The summed E-state index contributed by atoms with van der Waals surface area (Å²) >= 11 is 0. The van der Waals surface area contributed by atoms with E-state index in [1.54, 1.807) is 25.1 Å². The van der Waals surface area contributed by atoms with Crippen molar-refractivity contribution in [3.8, 4) is 11.1 Å². The van der Waals surface area contributed by atoms with E-state index < -0.39 is 17.4 Å². The Morgan fingerprint density at radius 1 is 1.11 bits per heavy atom. The molecule has 4 aromatic rings. The molecule has 37 heavy (non-hydrogen) atoms. The molecule has 0 spiro atoms. The van der Waals surface area contributed by atoms with Crippen LogP contribution in [0.4, 0.5) is 19.5 Å². The smallest absolute Gasteiger partial charge is 0.321 e. The summed E-state index contributed by atoms with van der Waals surface area (Å²) in [4.78, 5) is 38.7. The number of imidazole rings is 1. The number of benzene rings is 2. The fourth-order valence-corrected chi connectivity index (χ4v) is 3.73. The van der Waals surface area contributed by atoms with Gasteiger partial charge < -0.3 is 21.4 Å². The van der Waals surface area contributed by atoms with E-state index in [0.717, 1.165) is 6.42 Å². The predicted octanol–water partition coefficient (Wildman–Crippen LogP) is 2.70. The van der Waals surface area contributed by atoms with Gasteiger partial charge in [-0.3, -0.25) is 15.1 Å². The number of aryl methyl sites for hydroxylation is 1. The molecule has 0 saturated heterocycles. The lowest BCUT2D eigenvalue weighted by molar-refractivity contribution is 0.252. The molecule has 0 atom stereocenters. The fourth-order valence-electron chi connectivity index (χ4n) is 3.73. The fraction of sp³-hybridized carbons (Fsp3) is 0.280. The van der Waals surface area contributed by atoms with Crippen molar-refractivity contribution in [2.24, 2.45) is 5.73 Å². The molecular formula is C25H28F2N8O2. The normalized spacial score (nSPS) is 11.1. The van der Waals surface area contributed by atoms with E-state index in [-0.39, 0.29) is 23.9 Å². The lowest BCUT2D eigenvalue weighted by Gasteiger charge is -2.09. The van der Waals surface area contributed by atoms with Crippen LogP contribution >= 0.6 is 0 Å². The highest BCUT2D eigenvalue weighted by Crippen LogP contribution is 2.19. The van der Waals surface area contributed by atoms with Gasteiger partial charge in [-0.1, -0.05) is 12.1 Å². The summed E-state index contributed by atoms with van der Waals surface area (Å²) in [5, 5.41) is 8.21. The molecule has 0 aliphatic heterocycles. The van der Waals surface area contributed by atoms with Crippen molar-refractivity contribution in [2.75, 3.05) is 25.0 Å². The molecule has 4 rings (SSSR count). The van der Waals surface area contributed by atoms with E-state index in [1.165, 1.54) is 18.3 Å². The molecule has 2 aromatic heterocycles. The lowest BCUT2D eigenvalue weighted by atomic mass is 10.1. The Balaban J connectivity index is 1.31. The van der Waals surface area contributed by atoms with E-state index in [1.807, 2.05) is 0 Å². The Kier molecular flexibility index (Phi) is 8.21. The number of nitrogens with two attached hydrogens (primary N) is 1. The van der Waals surface area contributed by atoms with Crippen LogP contribution in [-0.2, 0) is 13.0 Å². The maximum Gasteiger partial charge on any atom is 0.321 e. The van der Waals surface area contributed by atoms with Crippen molar-refractivity contribution >= 4 is 23.0 Å². The van der Waals surface area contributed by atoms with Gasteiger partial charge in [0.15, 0.2) is 0 Å². The van der Waals surface area contributed by atoms with Crippen molar-refractivity contribution in [2.45, 2.75) is 26.3 Å². The molecule has 2 amide bonds. The number of amides is 2. The molecule has 2 heterocycles. The van der Waals surface area contributed by atoms with E-state index >= 15 is 0 Å². The Morgan fingerprint density at radius 2 is 1.95 bits per heavy atom. The van der Waals surface area contributed by atoms with Gasteiger partial charge in [-0.25, -0.2) is 23.5 Å². The maximum absolute atomic E-state index is 14.5. The highest BCUT2D eigenvalue weighted by molar-refractivity contribution is 5.87. The zero-order valence-electron chi connectivity index (χ0n) is 20.3. The molecular weight excluding hydrogens is 482 g/mol. The molecule has 7 N–H and O–H groups in total. The number of hydrogen-bond donors (Lipinski definition) is 6. The SMILES string of the molecule is Cc1cc2[nH]c(CCNC(=O)Nc3ncc(-c4ccc(CNCCCN)c(F)c4)c(=O)[nH]3)nc2cc1F. The highest BCUT2D eigenvalue weighted by Gasteiger charge is 2.11. The third-order valence-electron chi connectivity index (χ3n) is 5.73. The van der Waals surface area contributed by atoms with E-state index in [4.69, 9.17) is 5.73 Å². The monoisotopic (exact) mass is 510 g/mol. The number of anilines is 1. The maximum atomic E-state index is 14.5. The third-order valence-corrected chi connectivity index (χ3v) is 5.73. The second-order valence-corrected chi connectivity index (χ2v) is 8.53. The van der Waals surface area contributed by atoms with Crippen molar-refractivity contribution in [1.29, 1.82) is 0 Å². The summed E-state index contributed by atoms with van der Waals surface area (Å²) in [6.45, 7) is 3.51. The first-order valence-electron chi connectivity index (χ1n) is 11.8. The number of urea groups is 1. The first-order chi connectivity index (χ1) is 17.8. The van der Waals surface area contributed by atoms with Crippen LogP contribution in [0.25, 0.3) is 22.2 Å². The number of aromatic amines is 2. The van der Waals surface area contributed by atoms with Crippen LogP contribution in [0.1, 0.15) is 23.4 Å². The molecule has 194 valence electrons. The quantitative estimate of drug-likeness (QED) is 0.180. The first kappa shape index (κ1) is 25.9. The molecule has 0 fully saturated rings. The number of fused-ring (bicyclic) bond motifs is 1. The van der Waals surface area contributed by atoms with Gasteiger partial charge >= 0.3 is 6.03 Å².